The first-order chi connectivity index (χ1) is 42.5. The lowest BCUT2D eigenvalue weighted by atomic mass is 10.0. The Morgan fingerprint density at radius 3 is 0.907 bits per heavy atom. The predicted molar refractivity (Wildman–Crippen MR) is 379 cm³/mol. The maximum Gasteiger partial charge on any atom is 0.305 e. The summed E-state index contributed by atoms with van der Waals surface area (Å²) in [6.07, 6.45) is 98.0. The van der Waals surface area contributed by atoms with Crippen molar-refractivity contribution in [3.63, 3.8) is 0 Å². The van der Waals surface area contributed by atoms with Crippen LogP contribution in [-0.2, 0) is 14.3 Å². The fraction of sp³-hybridized carbons (Fsp3) is 0.900. The maximum absolute atomic E-state index is 12.6. The average Bonchev–Trinajstić information content (AvgIpc) is 3.55. The van der Waals surface area contributed by atoms with Gasteiger partial charge in [0.25, 0.3) is 0 Å². The zero-order valence-electron chi connectivity index (χ0n) is 58.3. The summed E-state index contributed by atoms with van der Waals surface area (Å²) in [6, 6.07) is -0.543. The molecule has 0 aromatic heterocycles. The first-order valence-corrected chi connectivity index (χ1v) is 39.2. The fourth-order valence-corrected chi connectivity index (χ4v) is 12.4. The van der Waals surface area contributed by atoms with Gasteiger partial charge in [-0.2, -0.15) is 0 Å². The lowest BCUT2D eigenvalue weighted by molar-refractivity contribution is -0.143. The molecule has 508 valence electrons. The van der Waals surface area contributed by atoms with Gasteiger partial charge in [0, 0.05) is 12.8 Å². The van der Waals surface area contributed by atoms with Crippen molar-refractivity contribution in [1.29, 1.82) is 0 Å². The Morgan fingerprint density at radius 2 is 0.581 bits per heavy atom. The molecule has 6 heteroatoms. The van der Waals surface area contributed by atoms with Gasteiger partial charge in [0.2, 0.25) is 5.91 Å². The second-order valence-electron chi connectivity index (χ2n) is 27.0. The number of hydrogen-bond acceptors (Lipinski definition) is 5. The van der Waals surface area contributed by atoms with E-state index in [0.29, 0.717) is 25.9 Å². The van der Waals surface area contributed by atoms with Crippen LogP contribution >= 0.6 is 0 Å². The number of aliphatic hydroxyl groups excluding tert-OH is 2. The molecule has 0 bridgehead atoms. The highest BCUT2D eigenvalue weighted by Crippen LogP contribution is 2.20. The van der Waals surface area contributed by atoms with Crippen molar-refractivity contribution < 1.29 is 24.5 Å². The predicted octanol–water partition coefficient (Wildman–Crippen LogP) is 25.8. The summed E-state index contributed by atoms with van der Waals surface area (Å²) in [4.78, 5) is 24.6. The zero-order chi connectivity index (χ0) is 62.0. The van der Waals surface area contributed by atoms with E-state index in [9.17, 15) is 19.8 Å². The summed E-state index contributed by atoms with van der Waals surface area (Å²) >= 11 is 0. The van der Waals surface area contributed by atoms with Gasteiger partial charge in [-0.05, 0) is 83.5 Å². The van der Waals surface area contributed by atoms with E-state index in [0.717, 1.165) is 51.4 Å². The third-order valence-electron chi connectivity index (χ3n) is 18.4. The summed E-state index contributed by atoms with van der Waals surface area (Å²) in [5.41, 5.74) is 0. The number of nitrogens with one attached hydrogen (secondary N) is 1. The zero-order valence-corrected chi connectivity index (χ0v) is 58.3. The first kappa shape index (κ1) is 84.1. The molecule has 0 saturated heterocycles. The van der Waals surface area contributed by atoms with Crippen molar-refractivity contribution in [2.24, 2.45) is 0 Å². The van der Waals surface area contributed by atoms with Gasteiger partial charge in [0.1, 0.15) is 0 Å². The Balaban J connectivity index is 3.39. The van der Waals surface area contributed by atoms with E-state index >= 15 is 0 Å². The number of ether oxygens (including phenoxy) is 1. The number of rotatable bonds is 74. The van der Waals surface area contributed by atoms with E-state index in [2.05, 4.69) is 55.6 Å². The van der Waals surface area contributed by atoms with E-state index in [1.54, 1.807) is 0 Å². The van der Waals surface area contributed by atoms with E-state index in [-0.39, 0.29) is 18.5 Å². The van der Waals surface area contributed by atoms with Crippen LogP contribution in [-0.4, -0.2) is 47.4 Å². The number of amides is 1. The van der Waals surface area contributed by atoms with Crippen LogP contribution in [0.2, 0.25) is 0 Å². The standard InChI is InChI=1S/C80H153NO5/c1-3-5-7-9-11-13-15-17-18-19-20-21-22-30-33-36-39-42-45-49-52-56-60-64-68-72-78(83)77(76-82)81-79(84)73-69-65-61-57-53-50-46-43-40-37-34-31-28-26-24-23-25-27-29-32-35-38-41-44-47-51-55-59-63-67-71-75-86-80(85)74-70-66-62-58-54-48-16-14-12-10-8-6-4-2/h14,16,25,27,32,35,77-78,82-83H,3-13,15,17-24,26,28-31,33-34,36-76H2,1-2H3,(H,81,84)/b16-14-,27-25-,35-32-. The molecule has 1 amide bonds. The molecule has 0 spiro atoms. The van der Waals surface area contributed by atoms with Crippen LogP contribution in [0.25, 0.3) is 0 Å². The van der Waals surface area contributed by atoms with Crippen molar-refractivity contribution in [2.45, 2.75) is 450 Å². The number of carbonyl (C=O) groups excluding carboxylic acids is 2. The van der Waals surface area contributed by atoms with Gasteiger partial charge in [0.15, 0.2) is 0 Å². The van der Waals surface area contributed by atoms with E-state index in [1.165, 1.54) is 353 Å². The molecule has 0 radical (unpaired) electrons. The monoisotopic (exact) mass is 1210 g/mol. The van der Waals surface area contributed by atoms with Crippen molar-refractivity contribution in [3.8, 4) is 0 Å². The summed E-state index contributed by atoms with van der Waals surface area (Å²) in [5.74, 6) is -0.0244. The van der Waals surface area contributed by atoms with Crippen molar-refractivity contribution in [2.75, 3.05) is 13.2 Å². The number of esters is 1. The molecule has 0 heterocycles. The molecule has 3 N–H and O–H groups in total. The van der Waals surface area contributed by atoms with Crippen LogP contribution in [0.15, 0.2) is 36.5 Å². The molecule has 6 nitrogen and oxygen atoms in total. The molecular weight excluding hydrogens is 1050 g/mol. The normalized spacial score (nSPS) is 12.7. The topological polar surface area (TPSA) is 95.9 Å². The van der Waals surface area contributed by atoms with Crippen molar-refractivity contribution in [1.82, 2.24) is 5.32 Å². The molecular formula is C80H153NO5. The molecule has 0 aliphatic carbocycles. The number of hydrogen-bond donors (Lipinski definition) is 3. The lowest BCUT2D eigenvalue weighted by Gasteiger charge is -2.22. The van der Waals surface area contributed by atoms with Gasteiger partial charge in [-0.1, -0.05) is 378 Å². The van der Waals surface area contributed by atoms with E-state index in [4.69, 9.17) is 4.74 Å². The summed E-state index contributed by atoms with van der Waals surface area (Å²) in [6.45, 7) is 4.98. The Bertz CT molecular complexity index is 1390. The number of unbranched alkanes of at least 4 members (excludes halogenated alkanes) is 57. The van der Waals surface area contributed by atoms with Crippen molar-refractivity contribution in [3.05, 3.63) is 36.5 Å². The number of carbonyl (C=O) groups is 2. The summed E-state index contributed by atoms with van der Waals surface area (Å²) in [7, 11) is 0. The van der Waals surface area contributed by atoms with Crippen LogP contribution in [0.3, 0.4) is 0 Å². The minimum atomic E-state index is -0.666. The highest BCUT2D eigenvalue weighted by atomic mass is 16.5. The first-order valence-electron chi connectivity index (χ1n) is 39.2. The Hall–Kier alpha value is -1.92. The SMILES string of the molecule is CCCCCC/C=C\CCCCCCCC(=O)OCCCCCCCCCCC/C=C\C/C=C\CCCCCCCCCCCCCCCCCC(=O)NC(CO)C(O)CCCCCCCCCCCCCCCCCCCCCCCCCCC. The van der Waals surface area contributed by atoms with Gasteiger partial charge in [-0.3, -0.25) is 9.59 Å². The van der Waals surface area contributed by atoms with Gasteiger partial charge >= 0.3 is 5.97 Å². The Kier molecular flexibility index (Phi) is 73.9. The highest BCUT2D eigenvalue weighted by molar-refractivity contribution is 5.76. The molecule has 0 aliphatic heterocycles. The molecule has 2 atom stereocenters. The Labute approximate surface area is 538 Å². The van der Waals surface area contributed by atoms with E-state index in [1.807, 2.05) is 0 Å². The molecule has 0 fully saturated rings. The number of aliphatic hydroxyl groups is 2. The minimum absolute atomic E-state index is 0.00458. The van der Waals surface area contributed by atoms with Crippen LogP contribution in [0.4, 0.5) is 0 Å². The third-order valence-corrected chi connectivity index (χ3v) is 18.4. The second kappa shape index (κ2) is 75.5. The molecule has 0 rings (SSSR count). The third kappa shape index (κ3) is 71.2. The lowest BCUT2D eigenvalue weighted by Crippen LogP contribution is -2.45. The molecule has 0 aromatic rings. The average molecular weight is 1210 g/mol. The van der Waals surface area contributed by atoms with Gasteiger partial charge in [-0.25, -0.2) is 0 Å². The summed E-state index contributed by atoms with van der Waals surface area (Å²) in [5, 5.41) is 23.5. The minimum Gasteiger partial charge on any atom is -0.466 e. The van der Waals surface area contributed by atoms with Crippen LogP contribution in [0.1, 0.15) is 438 Å². The molecule has 0 aromatic carbocycles. The maximum atomic E-state index is 12.6. The smallest absolute Gasteiger partial charge is 0.305 e. The quantitative estimate of drug-likeness (QED) is 0.0320. The van der Waals surface area contributed by atoms with Crippen LogP contribution in [0, 0.1) is 0 Å². The number of allylic oxidation sites excluding steroid dienone is 6. The Morgan fingerprint density at radius 1 is 0.326 bits per heavy atom. The van der Waals surface area contributed by atoms with Gasteiger partial charge < -0.3 is 20.3 Å². The second-order valence-corrected chi connectivity index (χ2v) is 27.0. The fourth-order valence-electron chi connectivity index (χ4n) is 12.4. The van der Waals surface area contributed by atoms with Crippen LogP contribution in [0.5, 0.6) is 0 Å². The largest absolute Gasteiger partial charge is 0.466 e. The van der Waals surface area contributed by atoms with Gasteiger partial charge in [0.05, 0.1) is 25.4 Å². The van der Waals surface area contributed by atoms with E-state index < -0.39 is 12.1 Å². The van der Waals surface area contributed by atoms with Crippen LogP contribution < -0.4 is 5.32 Å². The molecule has 0 aliphatic rings. The summed E-state index contributed by atoms with van der Waals surface area (Å²) < 4.78 is 5.48. The molecule has 2 unspecified atom stereocenters. The highest BCUT2D eigenvalue weighted by Gasteiger charge is 2.20. The van der Waals surface area contributed by atoms with Crippen molar-refractivity contribution >= 4 is 11.9 Å². The van der Waals surface area contributed by atoms with Gasteiger partial charge in [-0.15, -0.1) is 0 Å². The molecule has 86 heavy (non-hydrogen) atoms. The molecule has 0 saturated carbocycles.